The number of halogens is 1. The highest BCUT2D eigenvalue weighted by molar-refractivity contribution is 6.32. The van der Waals surface area contributed by atoms with Gasteiger partial charge in [0.2, 0.25) is 0 Å². The number of fused-ring (bicyclic) bond motifs is 1. The molecule has 0 saturated carbocycles. The molecule has 2 aromatic rings. The van der Waals surface area contributed by atoms with E-state index in [1.54, 1.807) is 7.05 Å². The summed E-state index contributed by atoms with van der Waals surface area (Å²) in [6, 6.07) is 15.9. The van der Waals surface area contributed by atoms with Gasteiger partial charge in [-0.15, -0.1) is 0 Å². The van der Waals surface area contributed by atoms with Crippen LogP contribution in [-0.4, -0.2) is 43.8 Å². The lowest BCUT2D eigenvalue weighted by Crippen LogP contribution is -2.38. The summed E-state index contributed by atoms with van der Waals surface area (Å²) in [5.74, 6) is 0.810. The summed E-state index contributed by atoms with van der Waals surface area (Å²) in [6.45, 7) is 0. The summed E-state index contributed by atoms with van der Waals surface area (Å²) < 4.78 is 0. The molecule has 118 valence electrons. The van der Waals surface area contributed by atoms with Gasteiger partial charge in [0, 0.05) is 28.9 Å². The number of likely N-dealkylation sites (N-methyl/N-ethyl adjacent to an activating group) is 1. The third kappa shape index (κ3) is 3.14. The first-order valence-corrected chi connectivity index (χ1v) is 7.81. The number of hydrogen-bond acceptors (Lipinski definition) is 3. The fourth-order valence-electron chi connectivity index (χ4n) is 2.63. The van der Waals surface area contributed by atoms with Crippen molar-refractivity contribution in [1.82, 2.24) is 4.90 Å². The molecule has 0 aromatic heterocycles. The number of benzodiazepines with no additional fused rings is 1. The standard InChI is InChI=1S/C18H19ClN4/c1-20-17-18(23(2)3)22-16(12-7-5-4-6-8-12)14-11-13(19)9-10-15(14)21-17/h4-11,18H,1-3H3,(H,20,21). The molecule has 5 heteroatoms. The number of nitrogens with one attached hydrogen (secondary N) is 1. The molecule has 1 aliphatic heterocycles. The third-order valence-electron chi connectivity index (χ3n) is 3.77. The van der Waals surface area contributed by atoms with Crippen molar-refractivity contribution < 1.29 is 0 Å². The van der Waals surface area contributed by atoms with Gasteiger partial charge in [0.1, 0.15) is 5.84 Å². The molecule has 1 unspecified atom stereocenters. The second-order valence-electron chi connectivity index (χ2n) is 5.60. The van der Waals surface area contributed by atoms with Crippen LogP contribution in [0.2, 0.25) is 5.02 Å². The van der Waals surface area contributed by atoms with E-state index in [1.807, 2.05) is 55.4 Å². The zero-order valence-electron chi connectivity index (χ0n) is 13.4. The van der Waals surface area contributed by atoms with Crippen molar-refractivity contribution in [3.8, 4) is 0 Å². The Morgan fingerprint density at radius 2 is 1.87 bits per heavy atom. The molecule has 1 heterocycles. The van der Waals surface area contributed by atoms with E-state index in [-0.39, 0.29) is 6.17 Å². The Kier molecular flexibility index (Phi) is 4.46. The number of nitrogens with zero attached hydrogens (tertiary/aromatic N) is 3. The first-order valence-electron chi connectivity index (χ1n) is 7.43. The average Bonchev–Trinajstić information content (AvgIpc) is 2.72. The van der Waals surface area contributed by atoms with Crippen LogP contribution in [-0.2, 0) is 0 Å². The molecule has 1 atom stereocenters. The van der Waals surface area contributed by atoms with Gasteiger partial charge < -0.3 is 5.32 Å². The normalized spacial score (nSPS) is 19.1. The SMILES string of the molecule is CN=C1Nc2ccc(Cl)cc2C(c2ccccc2)=NC1N(C)C. The van der Waals surface area contributed by atoms with Crippen LogP contribution in [0.15, 0.2) is 58.5 Å². The molecule has 3 rings (SSSR count). The molecule has 4 nitrogen and oxygen atoms in total. The molecule has 1 N–H and O–H groups in total. The van der Waals surface area contributed by atoms with Crippen molar-refractivity contribution in [2.24, 2.45) is 9.98 Å². The van der Waals surface area contributed by atoms with E-state index < -0.39 is 0 Å². The fraction of sp³-hybridized carbons (Fsp3) is 0.222. The quantitative estimate of drug-likeness (QED) is 0.917. The topological polar surface area (TPSA) is 40.0 Å². The number of anilines is 1. The number of hydrogen-bond donors (Lipinski definition) is 1. The predicted octanol–water partition coefficient (Wildman–Crippen LogP) is 3.52. The maximum absolute atomic E-state index is 6.23. The fourth-order valence-corrected chi connectivity index (χ4v) is 2.81. The molecular formula is C18H19ClN4. The third-order valence-corrected chi connectivity index (χ3v) is 4.01. The average molecular weight is 327 g/mol. The zero-order valence-corrected chi connectivity index (χ0v) is 14.2. The smallest absolute Gasteiger partial charge is 0.160 e. The van der Waals surface area contributed by atoms with Crippen LogP contribution in [0, 0.1) is 0 Å². The highest BCUT2D eigenvalue weighted by Crippen LogP contribution is 2.27. The van der Waals surface area contributed by atoms with Crippen molar-refractivity contribution in [3.05, 3.63) is 64.7 Å². The summed E-state index contributed by atoms with van der Waals surface area (Å²) in [7, 11) is 5.76. The lowest BCUT2D eigenvalue weighted by Gasteiger charge is -2.21. The maximum atomic E-state index is 6.23. The van der Waals surface area contributed by atoms with Crippen LogP contribution in [0.4, 0.5) is 5.69 Å². The lowest BCUT2D eigenvalue weighted by atomic mass is 10.0. The van der Waals surface area contributed by atoms with E-state index in [0.29, 0.717) is 5.02 Å². The van der Waals surface area contributed by atoms with Crippen molar-refractivity contribution in [2.45, 2.75) is 6.17 Å². The molecule has 2 aromatic carbocycles. The van der Waals surface area contributed by atoms with E-state index in [0.717, 1.165) is 28.4 Å². The summed E-state index contributed by atoms with van der Waals surface area (Å²) in [4.78, 5) is 11.4. The van der Waals surface area contributed by atoms with Gasteiger partial charge in [-0.3, -0.25) is 14.9 Å². The van der Waals surface area contributed by atoms with E-state index in [4.69, 9.17) is 16.6 Å². The monoisotopic (exact) mass is 326 g/mol. The first-order chi connectivity index (χ1) is 11.1. The summed E-state index contributed by atoms with van der Waals surface area (Å²) >= 11 is 6.23. The predicted molar refractivity (Wildman–Crippen MR) is 98.0 cm³/mol. The summed E-state index contributed by atoms with van der Waals surface area (Å²) in [5, 5.41) is 4.09. The van der Waals surface area contributed by atoms with Crippen LogP contribution in [0.3, 0.4) is 0 Å². The van der Waals surface area contributed by atoms with Crippen LogP contribution < -0.4 is 5.32 Å². The molecule has 0 spiro atoms. The van der Waals surface area contributed by atoms with Gasteiger partial charge in [0.15, 0.2) is 6.17 Å². The van der Waals surface area contributed by atoms with Crippen molar-refractivity contribution in [3.63, 3.8) is 0 Å². The van der Waals surface area contributed by atoms with Crippen molar-refractivity contribution >= 4 is 28.8 Å². The van der Waals surface area contributed by atoms with Gasteiger partial charge in [0.05, 0.1) is 5.71 Å². The van der Waals surface area contributed by atoms with Crippen molar-refractivity contribution in [2.75, 3.05) is 26.5 Å². The molecule has 23 heavy (non-hydrogen) atoms. The first kappa shape index (κ1) is 15.7. The van der Waals surface area contributed by atoms with Crippen LogP contribution in [0.25, 0.3) is 0 Å². The Morgan fingerprint density at radius 1 is 1.13 bits per heavy atom. The Morgan fingerprint density at radius 3 is 2.52 bits per heavy atom. The minimum Gasteiger partial charge on any atom is -0.341 e. The maximum Gasteiger partial charge on any atom is 0.160 e. The summed E-state index contributed by atoms with van der Waals surface area (Å²) in [6.07, 6.45) is -0.179. The number of amidine groups is 1. The highest BCUT2D eigenvalue weighted by atomic mass is 35.5. The van der Waals surface area contributed by atoms with Crippen LogP contribution in [0.1, 0.15) is 11.1 Å². The Balaban J connectivity index is 2.25. The van der Waals surface area contributed by atoms with Gasteiger partial charge in [-0.1, -0.05) is 41.9 Å². The Labute approximate surface area is 141 Å². The van der Waals surface area contributed by atoms with Gasteiger partial charge >= 0.3 is 0 Å². The molecule has 0 radical (unpaired) electrons. The molecule has 1 aliphatic rings. The molecular weight excluding hydrogens is 308 g/mol. The zero-order chi connectivity index (χ0) is 16.4. The van der Waals surface area contributed by atoms with Gasteiger partial charge in [0.25, 0.3) is 0 Å². The number of aliphatic imine (C=N–C) groups is 2. The van der Waals surface area contributed by atoms with Crippen LogP contribution >= 0.6 is 11.6 Å². The molecule has 0 amide bonds. The molecule has 0 fully saturated rings. The second kappa shape index (κ2) is 6.52. The summed E-state index contributed by atoms with van der Waals surface area (Å²) in [5.41, 5.74) is 3.91. The van der Waals surface area contributed by atoms with E-state index in [2.05, 4.69) is 22.4 Å². The minimum atomic E-state index is -0.179. The van der Waals surface area contributed by atoms with E-state index in [1.165, 1.54) is 0 Å². The van der Waals surface area contributed by atoms with E-state index in [9.17, 15) is 0 Å². The second-order valence-corrected chi connectivity index (χ2v) is 6.04. The number of rotatable bonds is 2. The Hall–Kier alpha value is -2.17. The largest absolute Gasteiger partial charge is 0.341 e. The highest BCUT2D eigenvalue weighted by Gasteiger charge is 2.25. The molecule has 0 bridgehead atoms. The van der Waals surface area contributed by atoms with Crippen LogP contribution in [0.5, 0.6) is 0 Å². The van der Waals surface area contributed by atoms with Gasteiger partial charge in [-0.2, -0.15) is 0 Å². The molecule has 0 saturated heterocycles. The van der Waals surface area contributed by atoms with Gasteiger partial charge in [-0.05, 0) is 32.3 Å². The Bertz CT molecular complexity index is 766. The molecule has 0 aliphatic carbocycles. The minimum absolute atomic E-state index is 0.179. The van der Waals surface area contributed by atoms with E-state index >= 15 is 0 Å². The van der Waals surface area contributed by atoms with Crippen molar-refractivity contribution in [1.29, 1.82) is 0 Å². The lowest BCUT2D eigenvalue weighted by molar-refractivity contribution is 0.371. The number of benzene rings is 2. The van der Waals surface area contributed by atoms with Gasteiger partial charge in [-0.25, -0.2) is 0 Å².